The molecule has 0 nitrogen and oxygen atoms in total. The Morgan fingerprint density at radius 2 is 1.86 bits per heavy atom. The standard InChI is InChI=1S/C9H10BrF3S/c1-5(6(2)10)7-3-14-4-8(7)9(11,12)13/h3-6H,1-2H3. The lowest BCUT2D eigenvalue weighted by molar-refractivity contribution is -0.138. The van der Waals surface area contributed by atoms with E-state index in [2.05, 4.69) is 15.9 Å². The van der Waals surface area contributed by atoms with E-state index in [1.807, 2.05) is 6.92 Å². The van der Waals surface area contributed by atoms with E-state index in [0.717, 1.165) is 11.3 Å². The zero-order valence-electron chi connectivity index (χ0n) is 7.73. The van der Waals surface area contributed by atoms with Gasteiger partial charge in [-0.05, 0) is 16.9 Å². The van der Waals surface area contributed by atoms with E-state index >= 15 is 0 Å². The fraction of sp³-hybridized carbons (Fsp3) is 0.556. The van der Waals surface area contributed by atoms with Gasteiger partial charge in [-0.3, -0.25) is 0 Å². The molecule has 80 valence electrons. The number of thiophene rings is 1. The summed E-state index contributed by atoms with van der Waals surface area (Å²) in [5, 5.41) is 2.74. The molecule has 1 aromatic rings. The molecule has 0 amide bonds. The Balaban J connectivity index is 3.05. The van der Waals surface area contributed by atoms with Crippen molar-refractivity contribution in [2.45, 2.75) is 30.8 Å². The second kappa shape index (κ2) is 4.23. The lowest BCUT2D eigenvalue weighted by Gasteiger charge is -2.16. The van der Waals surface area contributed by atoms with Gasteiger partial charge in [-0.1, -0.05) is 29.8 Å². The third kappa shape index (κ3) is 2.51. The van der Waals surface area contributed by atoms with Gasteiger partial charge in [0.2, 0.25) is 0 Å². The zero-order chi connectivity index (χ0) is 10.9. The van der Waals surface area contributed by atoms with Crippen LogP contribution in [0.5, 0.6) is 0 Å². The van der Waals surface area contributed by atoms with Gasteiger partial charge in [0.05, 0.1) is 5.56 Å². The van der Waals surface area contributed by atoms with E-state index < -0.39 is 11.7 Å². The van der Waals surface area contributed by atoms with Crippen LogP contribution in [0.1, 0.15) is 30.9 Å². The van der Waals surface area contributed by atoms with Crippen molar-refractivity contribution in [3.8, 4) is 0 Å². The third-order valence-corrected chi connectivity index (χ3v) is 3.73. The number of hydrogen-bond acceptors (Lipinski definition) is 1. The molecule has 1 heterocycles. The Morgan fingerprint density at radius 1 is 1.29 bits per heavy atom. The molecule has 0 radical (unpaired) electrons. The van der Waals surface area contributed by atoms with Crippen LogP contribution in [0, 0.1) is 0 Å². The molecule has 14 heavy (non-hydrogen) atoms. The van der Waals surface area contributed by atoms with Crippen molar-refractivity contribution >= 4 is 27.3 Å². The Bertz CT molecular complexity index is 303. The van der Waals surface area contributed by atoms with Gasteiger partial charge in [-0.25, -0.2) is 0 Å². The number of rotatable bonds is 2. The van der Waals surface area contributed by atoms with E-state index in [0.29, 0.717) is 5.56 Å². The largest absolute Gasteiger partial charge is 0.417 e. The summed E-state index contributed by atoms with van der Waals surface area (Å²) >= 11 is 4.40. The maximum Gasteiger partial charge on any atom is 0.417 e. The molecule has 0 aliphatic heterocycles. The molecule has 5 heteroatoms. The van der Waals surface area contributed by atoms with Crippen LogP contribution in [0.15, 0.2) is 10.8 Å². The fourth-order valence-corrected chi connectivity index (χ4v) is 2.38. The Hall–Kier alpha value is -0.0300. The van der Waals surface area contributed by atoms with Gasteiger partial charge in [0.25, 0.3) is 0 Å². The van der Waals surface area contributed by atoms with Crippen molar-refractivity contribution in [3.63, 3.8) is 0 Å². The molecule has 0 bridgehead atoms. The van der Waals surface area contributed by atoms with Gasteiger partial charge in [-0.2, -0.15) is 24.5 Å². The maximum atomic E-state index is 12.5. The molecule has 0 aromatic carbocycles. The molecule has 1 aromatic heterocycles. The molecule has 0 saturated carbocycles. The molecule has 0 aliphatic carbocycles. The van der Waals surface area contributed by atoms with Crippen LogP contribution in [-0.2, 0) is 6.18 Å². The van der Waals surface area contributed by atoms with Gasteiger partial charge in [0, 0.05) is 10.2 Å². The van der Waals surface area contributed by atoms with Crippen LogP contribution in [0.3, 0.4) is 0 Å². The Kier molecular flexibility index (Phi) is 3.63. The molecule has 1 rings (SSSR count). The number of alkyl halides is 4. The van der Waals surface area contributed by atoms with E-state index in [1.54, 1.807) is 12.3 Å². The van der Waals surface area contributed by atoms with Crippen molar-refractivity contribution < 1.29 is 13.2 Å². The molecule has 0 N–H and O–H groups in total. The SMILES string of the molecule is CC(Br)C(C)c1cscc1C(F)(F)F. The van der Waals surface area contributed by atoms with Crippen LogP contribution in [-0.4, -0.2) is 4.83 Å². The topological polar surface area (TPSA) is 0 Å². The average Bonchev–Trinajstić information content (AvgIpc) is 2.48. The van der Waals surface area contributed by atoms with Crippen molar-refractivity contribution in [3.05, 3.63) is 21.9 Å². The summed E-state index contributed by atoms with van der Waals surface area (Å²) in [5.74, 6) is -0.127. The molecular formula is C9H10BrF3S. The lowest BCUT2D eigenvalue weighted by Crippen LogP contribution is -2.12. The van der Waals surface area contributed by atoms with Crippen molar-refractivity contribution in [2.75, 3.05) is 0 Å². The van der Waals surface area contributed by atoms with Crippen LogP contribution < -0.4 is 0 Å². The summed E-state index contributed by atoms with van der Waals surface area (Å²) in [7, 11) is 0. The molecule has 2 atom stereocenters. The highest BCUT2D eigenvalue weighted by atomic mass is 79.9. The van der Waals surface area contributed by atoms with E-state index in [1.165, 1.54) is 5.38 Å². The predicted molar refractivity (Wildman–Crippen MR) is 56.1 cm³/mol. The lowest BCUT2D eigenvalue weighted by atomic mass is 9.97. The first-order valence-electron chi connectivity index (χ1n) is 4.11. The minimum Gasteiger partial charge on any atom is -0.166 e. The zero-order valence-corrected chi connectivity index (χ0v) is 10.1. The normalized spacial score (nSPS) is 16.7. The summed E-state index contributed by atoms with van der Waals surface area (Å²) < 4.78 is 37.5. The van der Waals surface area contributed by atoms with Gasteiger partial charge in [-0.15, -0.1) is 0 Å². The highest BCUT2D eigenvalue weighted by molar-refractivity contribution is 9.09. The average molecular weight is 287 g/mol. The summed E-state index contributed by atoms with van der Waals surface area (Å²) in [6.45, 7) is 3.64. The Morgan fingerprint density at radius 3 is 2.29 bits per heavy atom. The minimum absolute atomic E-state index is 0.0400. The molecular weight excluding hydrogens is 277 g/mol. The summed E-state index contributed by atoms with van der Waals surface area (Å²) in [6, 6.07) is 0. The maximum absolute atomic E-state index is 12.5. The molecule has 0 saturated heterocycles. The second-order valence-corrected chi connectivity index (χ2v) is 5.39. The van der Waals surface area contributed by atoms with Crippen molar-refractivity contribution in [1.29, 1.82) is 0 Å². The monoisotopic (exact) mass is 286 g/mol. The first-order chi connectivity index (χ1) is 6.34. The summed E-state index contributed by atoms with van der Waals surface area (Å²) in [6.07, 6.45) is -4.23. The van der Waals surface area contributed by atoms with Crippen molar-refractivity contribution in [2.24, 2.45) is 0 Å². The molecule has 2 unspecified atom stereocenters. The first-order valence-corrected chi connectivity index (χ1v) is 5.97. The number of halogens is 4. The van der Waals surface area contributed by atoms with E-state index in [-0.39, 0.29) is 10.7 Å². The summed E-state index contributed by atoms with van der Waals surface area (Å²) in [4.78, 5) is 0.0400. The second-order valence-electron chi connectivity index (χ2n) is 3.20. The van der Waals surface area contributed by atoms with Gasteiger partial charge < -0.3 is 0 Å². The first kappa shape index (κ1) is 12.0. The van der Waals surface area contributed by atoms with E-state index in [4.69, 9.17) is 0 Å². The Labute approximate surface area is 93.3 Å². The third-order valence-electron chi connectivity index (χ3n) is 2.18. The fourth-order valence-electron chi connectivity index (χ4n) is 1.14. The predicted octanol–water partition coefficient (Wildman–Crippen LogP) is 4.65. The van der Waals surface area contributed by atoms with Gasteiger partial charge in [0.15, 0.2) is 0 Å². The van der Waals surface area contributed by atoms with Crippen LogP contribution >= 0.6 is 27.3 Å². The van der Waals surface area contributed by atoms with Gasteiger partial charge in [0.1, 0.15) is 0 Å². The molecule has 0 fully saturated rings. The number of hydrogen-bond donors (Lipinski definition) is 0. The van der Waals surface area contributed by atoms with Gasteiger partial charge >= 0.3 is 6.18 Å². The molecule has 0 spiro atoms. The molecule has 0 aliphatic rings. The van der Waals surface area contributed by atoms with Crippen LogP contribution in [0.25, 0.3) is 0 Å². The van der Waals surface area contributed by atoms with Crippen LogP contribution in [0.4, 0.5) is 13.2 Å². The van der Waals surface area contributed by atoms with Crippen LogP contribution in [0.2, 0.25) is 0 Å². The minimum atomic E-state index is -4.23. The summed E-state index contributed by atoms with van der Waals surface area (Å²) in [5.41, 5.74) is -0.117. The highest BCUT2D eigenvalue weighted by Gasteiger charge is 2.35. The quantitative estimate of drug-likeness (QED) is 0.694. The van der Waals surface area contributed by atoms with Crippen molar-refractivity contribution in [1.82, 2.24) is 0 Å². The van der Waals surface area contributed by atoms with E-state index in [9.17, 15) is 13.2 Å². The smallest absolute Gasteiger partial charge is 0.166 e. The highest BCUT2D eigenvalue weighted by Crippen LogP contribution is 2.39.